The number of carboxylic acid groups (broad SMARTS) is 1. The average Bonchev–Trinajstić information content (AvgIpc) is 2.42. The molecule has 0 heterocycles. The first-order valence-electron chi connectivity index (χ1n) is 6.38. The van der Waals surface area contributed by atoms with Crippen LogP contribution in [0.1, 0.15) is 12.5 Å². The van der Waals surface area contributed by atoms with Crippen LogP contribution in [-0.4, -0.2) is 38.4 Å². The number of rotatable bonds is 8. The van der Waals surface area contributed by atoms with E-state index in [0.29, 0.717) is 18.0 Å². The Bertz CT molecular complexity index is 483. The van der Waals surface area contributed by atoms with E-state index in [1.807, 2.05) is 18.2 Å². The van der Waals surface area contributed by atoms with Crippen LogP contribution in [0.3, 0.4) is 0 Å². The van der Waals surface area contributed by atoms with Crippen LogP contribution in [-0.2, 0) is 11.2 Å². The lowest BCUT2D eigenvalue weighted by atomic mass is 10.1. The number of nitrogens with one attached hydrogen (secondary N) is 1. The van der Waals surface area contributed by atoms with Gasteiger partial charge in [-0.15, -0.1) is 0 Å². The SMILES string of the molecule is COc1ccc(CCNC/C(C)=C/C(=O)O)cc1OC. The molecule has 0 aliphatic carbocycles. The van der Waals surface area contributed by atoms with Crippen molar-refractivity contribution in [3.63, 3.8) is 0 Å². The lowest BCUT2D eigenvalue weighted by Gasteiger charge is -2.10. The molecule has 0 saturated carbocycles. The van der Waals surface area contributed by atoms with Crippen LogP contribution in [0.4, 0.5) is 0 Å². The number of carboxylic acids is 1. The molecule has 0 aliphatic heterocycles. The number of hydrogen-bond acceptors (Lipinski definition) is 4. The lowest BCUT2D eigenvalue weighted by molar-refractivity contribution is -0.131. The molecule has 1 aromatic rings. The summed E-state index contributed by atoms with van der Waals surface area (Å²) in [5.74, 6) is 0.514. The molecule has 0 radical (unpaired) electrons. The normalized spacial score (nSPS) is 11.2. The molecule has 0 bridgehead atoms. The molecule has 0 aromatic heterocycles. The molecule has 110 valence electrons. The van der Waals surface area contributed by atoms with Crippen molar-refractivity contribution >= 4 is 5.97 Å². The quantitative estimate of drug-likeness (QED) is 0.561. The molecule has 0 aliphatic rings. The maximum absolute atomic E-state index is 10.5. The van der Waals surface area contributed by atoms with Crippen LogP contribution in [0.25, 0.3) is 0 Å². The molecule has 1 rings (SSSR count). The van der Waals surface area contributed by atoms with Gasteiger partial charge < -0.3 is 19.9 Å². The Balaban J connectivity index is 2.44. The topological polar surface area (TPSA) is 67.8 Å². The minimum Gasteiger partial charge on any atom is -0.493 e. The van der Waals surface area contributed by atoms with Gasteiger partial charge in [-0.3, -0.25) is 0 Å². The maximum atomic E-state index is 10.5. The first-order chi connectivity index (χ1) is 9.56. The van der Waals surface area contributed by atoms with Crippen molar-refractivity contribution in [2.24, 2.45) is 0 Å². The van der Waals surface area contributed by atoms with Crippen molar-refractivity contribution in [3.05, 3.63) is 35.4 Å². The first kappa shape index (κ1) is 16.0. The van der Waals surface area contributed by atoms with Gasteiger partial charge in [0, 0.05) is 12.6 Å². The Morgan fingerprint density at radius 3 is 2.60 bits per heavy atom. The highest BCUT2D eigenvalue weighted by Gasteiger charge is 2.04. The number of benzene rings is 1. The highest BCUT2D eigenvalue weighted by molar-refractivity contribution is 5.80. The standard InChI is InChI=1S/C15H21NO4/c1-11(8-15(17)18)10-16-7-6-12-4-5-13(19-2)14(9-12)20-3/h4-5,8-9,16H,6-7,10H2,1-3H3,(H,17,18)/b11-8+. The number of aliphatic carboxylic acids is 1. The zero-order valence-corrected chi connectivity index (χ0v) is 12.1. The van der Waals surface area contributed by atoms with Crippen molar-refractivity contribution in [1.29, 1.82) is 0 Å². The predicted octanol–water partition coefficient (Wildman–Crippen LogP) is 1.87. The van der Waals surface area contributed by atoms with Crippen LogP contribution < -0.4 is 14.8 Å². The summed E-state index contributed by atoms with van der Waals surface area (Å²) in [5, 5.41) is 11.8. The van der Waals surface area contributed by atoms with E-state index in [2.05, 4.69) is 5.32 Å². The number of hydrogen-bond donors (Lipinski definition) is 2. The fraction of sp³-hybridized carbons (Fsp3) is 0.400. The van der Waals surface area contributed by atoms with Gasteiger partial charge in [-0.2, -0.15) is 0 Å². The van der Waals surface area contributed by atoms with E-state index in [1.54, 1.807) is 21.1 Å². The van der Waals surface area contributed by atoms with Crippen LogP contribution in [0.2, 0.25) is 0 Å². The molecule has 0 atom stereocenters. The van der Waals surface area contributed by atoms with Gasteiger partial charge in [0.05, 0.1) is 14.2 Å². The van der Waals surface area contributed by atoms with Crippen molar-refractivity contribution in [3.8, 4) is 11.5 Å². The van der Waals surface area contributed by atoms with E-state index in [1.165, 1.54) is 6.08 Å². The van der Waals surface area contributed by atoms with Crippen molar-refractivity contribution in [1.82, 2.24) is 5.32 Å². The first-order valence-corrected chi connectivity index (χ1v) is 6.38. The summed E-state index contributed by atoms with van der Waals surface area (Å²) in [7, 11) is 3.22. The van der Waals surface area contributed by atoms with Crippen molar-refractivity contribution in [2.75, 3.05) is 27.3 Å². The molecule has 0 unspecified atom stereocenters. The summed E-state index contributed by atoms with van der Waals surface area (Å²) in [6.07, 6.45) is 2.05. The maximum Gasteiger partial charge on any atom is 0.328 e. The predicted molar refractivity (Wildman–Crippen MR) is 77.5 cm³/mol. The third kappa shape index (κ3) is 5.32. The highest BCUT2D eigenvalue weighted by Crippen LogP contribution is 2.27. The van der Waals surface area contributed by atoms with Crippen molar-refractivity contribution < 1.29 is 19.4 Å². The molecule has 2 N–H and O–H groups in total. The molecule has 0 saturated heterocycles. The second kappa shape index (κ2) is 8.22. The van der Waals surface area contributed by atoms with E-state index in [9.17, 15) is 4.79 Å². The molecule has 5 heteroatoms. The minimum absolute atomic E-state index is 0.569. The highest BCUT2D eigenvalue weighted by atomic mass is 16.5. The summed E-state index contributed by atoms with van der Waals surface area (Å²) < 4.78 is 10.4. The van der Waals surface area contributed by atoms with E-state index in [0.717, 1.165) is 24.1 Å². The molecule has 0 spiro atoms. The van der Waals surface area contributed by atoms with E-state index in [-0.39, 0.29) is 0 Å². The second-order valence-corrected chi connectivity index (χ2v) is 4.45. The van der Waals surface area contributed by atoms with Gasteiger partial charge in [-0.25, -0.2) is 4.79 Å². The van der Waals surface area contributed by atoms with E-state index in [4.69, 9.17) is 14.6 Å². The van der Waals surface area contributed by atoms with Crippen LogP contribution in [0, 0.1) is 0 Å². The van der Waals surface area contributed by atoms with E-state index < -0.39 is 5.97 Å². The number of ether oxygens (including phenoxy) is 2. The monoisotopic (exact) mass is 279 g/mol. The van der Waals surface area contributed by atoms with Gasteiger partial charge in [-0.05, 0) is 37.6 Å². The van der Waals surface area contributed by atoms with Gasteiger partial charge in [0.1, 0.15) is 0 Å². The largest absolute Gasteiger partial charge is 0.493 e. The van der Waals surface area contributed by atoms with E-state index >= 15 is 0 Å². The molecule has 1 aromatic carbocycles. The number of carbonyl (C=O) groups is 1. The summed E-state index contributed by atoms with van der Waals surface area (Å²) in [6, 6.07) is 5.81. The fourth-order valence-corrected chi connectivity index (χ4v) is 1.82. The van der Waals surface area contributed by atoms with Crippen molar-refractivity contribution in [2.45, 2.75) is 13.3 Å². The lowest BCUT2D eigenvalue weighted by Crippen LogP contribution is -2.19. The van der Waals surface area contributed by atoms with Crippen LogP contribution in [0.5, 0.6) is 11.5 Å². The van der Waals surface area contributed by atoms with Crippen LogP contribution in [0.15, 0.2) is 29.8 Å². The zero-order valence-electron chi connectivity index (χ0n) is 12.1. The zero-order chi connectivity index (χ0) is 15.0. The van der Waals surface area contributed by atoms with Gasteiger partial charge in [0.15, 0.2) is 11.5 Å². The summed E-state index contributed by atoms with van der Waals surface area (Å²) in [5.41, 5.74) is 1.93. The molecular weight excluding hydrogens is 258 g/mol. The Kier molecular flexibility index (Phi) is 6.59. The Morgan fingerprint density at radius 2 is 2.00 bits per heavy atom. The fourth-order valence-electron chi connectivity index (χ4n) is 1.82. The smallest absolute Gasteiger partial charge is 0.328 e. The average molecular weight is 279 g/mol. The Labute approximate surface area is 119 Å². The second-order valence-electron chi connectivity index (χ2n) is 4.45. The van der Waals surface area contributed by atoms with Gasteiger partial charge in [0.2, 0.25) is 0 Å². The molecule has 0 fully saturated rings. The Hall–Kier alpha value is -2.01. The van der Waals surface area contributed by atoms with Gasteiger partial charge >= 0.3 is 5.97 Å². The summed E-state index contributed by atoms with van der Waals surface area (Å²) >= 11 is 0. The number of methoxy groups -OCH3 is 2. The summed E-state index contributed by atoms with van der Waals surface area (Å²) in [6.45, 7) is 3.12. The molecule has 0 amide bonds. The molecule has 5 nitrogen and oxygen atoms in total. The molecular formula is C15H21NO4. The summed E-state index contributed by atoms with van der Waals surface area (Å²) in [4.78, 5) is 10.5. The third-order valence-electron chi connectivity index (χ3n) is 2.81. The Morgan fingerprint density at radius 1 is 1.30 bits per heavy atom. The van der Waals surface area contributed by atoms with Gasteiger partial charge in [-0.1, -0.05) is 11.6 Å². The molecule has 20 heavy (non-hydrogen) atoms. The minimum atomic E-state index is -0.913. The van der Waals surface area contributed by atoms with Gasteiger partial charge in [0.25, 0.3) is 0 Å². The van der Waals surface area contributed by atoms with Crippen LogP contribution >= 0.6 is 0 Å². The third-order valence-corrected chi connectivity index (χ3v) is 2.81.